The molecule has 3 rings (SSSR count). The van der Waals surface area contributed by atoms with Gasteiger partial charge in [-0.05, 0) is 43.8 Å². The Labute approximate surface area is 136 Å². The van der Waals surface area contributed by atoms with Crippen LogP contribution in [0.1, 0.15) is 18.9 Å². The number of rotatable bonds is 4. The maximum atomic E-state index is 13.3. The average molecular weight is 317 g/mol. The van der Waals surface area contributed by atoms with Crippen LogP contribution in [0.2, 0.25) is 0 Å². The van der Waals surface area contributed by atoms with E-state index in [0.717, 1.165) is 36.0 Å². The van der Waals surface area contributed by atoms with E-state index >= 15 is 0 Å². The summed E-state index contributed by atoms with van der Waals surface area (Å²) >= 11 is 0. The molecule has 0 aliphatic carbocycles. The second-order valence-electron chi connectivity index (χ2n) is 6.68. The quantitative estimate of drug-likeness (QED) is 0.941. The molecule has 1 aromatic carbocycles. The number of nitrogens with one attached hydrogen (secondary N) is 1. The zero-order chi connectivity index (χ0) is 16.6. The largest absolute Gasteiger partial charge is 0.361 e. The number of hydrogen-bond donors (Lipinski definition) is 1. The predicted octanol–water partition coefficient (Wildman–Crippen LogP) is 2.65. The van der Waals surface area contributed by atoms with Crippen LogP contribution >= 0.6 is 0 Å². The molecule has 1 saturated heterocycles. The molecule has 1 aliphatic rings. The Morgan fingerprint density at radius 2 is 2.17 bits per heavy atom. The van der Waals surface area contributed by atoms with Crippen molar-refractivity contribution in [2.45, 2.75) is 25.8 Å². The molecule has 1 aliphatic heterocycles. The third-order valence-electron chi connectivity index (χ3n) is 5.02. The first-order valence-electron chi connectivity index (χ1n) is 8.19. The Hall–Kier alpha value is -1.88. The summed E-state index contributed by atoms with van der Waals surface area (Å²) in [4.78, 5) is 19.9. The first-order valence-corrected chi connectivity index (χ1v) is 8.19. The minimum absolute atomic E-state index is 0.151. The highest BCUT2D eigenvalue weighted by Crippen LogP contribution is 2.25. The van der Waals surface area contributed by atoms with E-state index in [-0.39, 0.29) is 11.7 Å². The van der Waals surface area contributed by atoms with Gasteiger partial charge in [0.25, 0.3) is 0 Å². The van der Waals surface area contributed by atoms with Gasteiger partial charge in [0.2, 0.25) is 5.91 Å². The molecule has 124 valence electrons. The summed E-state index contributed by atoms with van der Waals surface area (Å²) in [6.07, 6.45) is 3.26. The van der Waals surface area contributed by atoms with Gasteiger partial charge in [0.15, 0.2) is 0 Å². The van der Waals surface area contributed by atoms with Crippen molar-refractivity contribution in [1.29, 1.82) is 0 Å². The molecular weight excluding hydrogens is 293 g/mol. The molecule has 0 spiro atoms. The van der Waals surface area contributed by atoms with Gasteiger partial charge in [0.05, 0.1) is 6.42 Å². The van der Waals surface area contributed by atoms with E-state index in [9.17, 15) is 9.18 Å². The highest BCUT2D eigenvalue weighted by Gasteiger charge is 2.35. The fourth-order valence-corrected chi connectivity index (χ4v) is 3.62. The first kappa shape index (κ1) is 16.0. The normalized spacial score (nSPS) is 21.5. The molecule has 2 aromatic rings. The van der Waals surface area contributed by atoms with Crippen molar-refractivity contribution in [2.75, 3.05) is 27.2 Å². The van der Waals surface area contributed by atoms with Crippen LogP contribution in [0, 0.1) is 11.7 Å². The zero-order valence-corrected chi connectivity index (χ0v) is 14.0. The van der Waals surface area contributed by atoms with Crippen molar-refractivity contribution >= 4 is 16.8 Å². The summed E-state index contributed by atoms with van der Waals surface area (Å²) in [5.41, 5.74) is 1.68. The Bertz CT molecular complexity index is 709. The predicted molar refractivity (Wildman–Crippen MR) is 89.8 cm³/mol. The number of nitrogens with zero attached hydrogens (tertiary/aromatic N) is 2. The maximum Gasteiger partial charge on any atom is 0.227 e. The fraction of sp³-hybridized carbons (Fsp3) is 0.500. The van der Waals surface area contributed by atoms with Crippen LogP contribution in [0.15, 0.2) is 24.4 Å². The summed E-state index contributed by atoms with van der Waals surface area (Å²) in [6.45, 7) is 3.81. The molecule has 0 unspecified atom stereocenters. The molecule has 23 heavy (non-hydrogen) atoms. The highest BCUT2D eigenvalue weighted by molar-refractivity contribution is 5.89. The average Bonchev–Trinajstić information content (AvgIpc) is 3.11. The minimum atomic E-state index is -0.267. The van der Waals surface area contributed by atoms with E-state index in [1.54, 1.807) is 6.07 Å². The van der Waals surface area contributed by atoms with E-state index in [1.165, 1.54) is 12.1 Å². The van der Waals surface area contributed by atoms with Gasteiger partial charge in [-0.2, -0.15) is 0 Å². The summed E-state index contributed by atoms with van der Waals surface area (Å²) in [5.74, 6) is 0.417. The number of carbonyl (C=O) groups is 1. The number of aromatic nitrogens is 1. The van der Waals surface area contributed by atoms with Crippen molar-refractivity contribution in [2.24, 2.45) is 5.92 Å². The number of fused-ring (bicyclic) bond motifs is 1. The van der Waals surface area contributed by atoms with Crippen molar-refractivity contribution in [3.05, 3.63) is 35.8 Å². The van der Waals surface area contributed by atoms with Crippen molar-refractivity contribution < 1.29 is 9.18 Å². The van der Waals surface area contributed by atoms with Crippen molar-refractivity contribution in [1.82, 2.24) is 14.8 Å². The topological polar surface area (TPSA) is 39.3 Å². The van der Waals surface area contributed by atoms with Gasteiger partial charge in [0, 0.05) is 36.2 Å². The smallest absolute Gasteiger partial charge is 0.227 e. The molecule has 5 heteroatoms. The molecule has 2 heterocycles. The molecular formula is C18H24FN3O. The number of likely N-dealkylation sites (N-methyl/N-ethyl adjacent to an activating group) is 1. The van der Waals surface area contributed by atoms with Crippen LogP contribution in [0.4, 0.5) is 4.39 Å². The second kappa shape index (κ2) is 6.32. The lowest BCUT2D eigenvalue weighted by Crippen LogP contribution is -2.36. The highest BCUT2D eigenvalue weighted by atomic mass is 19.1. The minimum Gasteiger partial charge on any atom is -0.361 e. The number of amides is 1. The Balaban J connectivity index is 1.74. The molecule has 0 saturated carbocycles. The monoisotopic (exact) mass is 317 g/mol. The summed E-state index contributed by atoms with van der Waals surface area (Å²) in [5, 5.41) is 0.926. The van der Waals surface area contributed by atoms with Gasteiger partial charge in [-0.25, -0.2) is 4.39 Å². The van der Waals surface area contributed by atoms with Crippen LogP contribution < -0.4 is 0 Å². The lowest BCUT2D eigenvalue weighted by molar-refractivity contribution is -0.129. The number of likely N-dealkylation sites (tertiary alicyclic amines) is 1. The summed E-state index contributed by atoms with van der Waals surface area (Å²) in [6, 6.07) is 5.08. The van der Waals surface area contributed by atoms with Crippen LogP contribution in [-0.4, -0.2) is 53.9 Å². The molecule has 0 bridgehead atoms. The van der Waals surface area contributed by atoms with E-state index in [2.05, 4.69) is 30.9 Å². The zero-order valence-electron chi connectivity index (χ0n) is 14.0. The Morgan fingerprint density at radius 1 is 1.39 bits per heavy atom. The number of hydrogen-bond acceptors (Lipinski definition) is 2. The van der Waals surface area contributed by atoms with Crippen LogP contribution in [0.3, 0.4) is 0 Å². The lowest BCUT2D eigenvalue weighted by Gasteiger charge is -2.23. The van der Waals surface area contributed by atoms with Crippen molar-refractivity contribution in [3.8, 4) is 0 Å². The van der Waals surface area contributed by atoms with Crippen molar-refractivity contribution in [3.63, 3.8) is 0 Å². The van der Waals surface area contributed by atoms with E-state index in [1.807, 2.05) is 11.1 Å². The molecule has 1 fully saturated rings. The van der Waals surface area contributed by atoms with E-state index < -0.39 is 0 Å². The van der Waals surface area contributed by atoms with Gasteiger partial charge >= 0.3 is 0 Å². The Kier molecular flexibility index (Phi) is 4.39. The molecule has 1 amide bonds. The number of aromatic amines is 1. The molecule has 1 N–H and O–H groups in total. The lowest BCUT2D eigenvalue weighted by atomic mass is 10.0. The van der Waals surface area contributed by atoms with E-state index in [4.69, 9.17) is 0 Å². The fourth-order valence-electron chi connectivity index (χ4n) is 3.62. The second-order valence-corrected chi connectivity index (χ2v) is 6.68. The van der Waals surface area contributed by atoms with Crippen LogP contribution in [0.5, 0.6) is 0 Å². The molecule has 4 nitrogen and oxygen atoms in total. The number of carbonyl (C=O) groups excluding carboxylic acids is 1. The molecule has 1 aromatic heterocycles. The van der Waals surface area contributed by atoms with Gasteiger partial charge < -0.3 is 14.8 Å². The van der Waals surface area contributed by atoms with Gasteiger partial charge in [0.1, 0.15) is 5.82 Å². The summed E-state index contributed by atoms with van der Waals surface area (Å²) < 4.78 is 13.3. The Morgan fingerprint density at radius 3 is 2.83 bits per heavy atom. The first-order chi connectivity index (χ1) is 11.0. The van der Waals surface area contributed by atoms with E-state index in [0.29, 0.717) is 18.4 Å². The third kappa shape index (κ3) is 3.11. The number of benzene rings is 1. The van der Waals surface area contributed by atoms with Crippen LogP contribution in [-0.2, 0) is 11.2 Å². The van der Waals surface area contributed by atoms with Gasteiger partial charge in [-0.15, -0.1) is 0 Å². The SMILES string of the molecule is CC[C@@H]1CN(C(=O)Cc2c[nH]c3cc(F)ccc23)C[C@H]1N(C)C. The molecule has 0 radical (unpaired) electrons. The maximum absolute atomic E-state index is 13.3. The van der Waals surface area contributed by atoms with Gasteiger partial charge in [-0.1, -0.05) is 13.3 Å². The number of H-pyrrole nitrogens is 1. The summed E-state index contributed by atoms with van der Waals surface area (Å²) in [7, 11) is 4.16. The molecule has 2 atom stereocenters. The van der Waals surface area contributed by atoms with Crippen LogP contribution in [0.25, 0.3) is 10.9 Å². The number of halogens is 1. The standard InChI is InChI=1S/C18H24FN3O/c1-4-12-10-22(11-17(12)21(2)3)18(23)7-13-9-20-16-8-14(19)5-6-15(13)16/h5-6,8-9,12,17,20H,4,7,10-11H2,1-3H3/t12-,17-/m1/s1. The third-order valence-corrected chi connectivity index (χ3v) is 5.02. The van der Waals surface area contributed by atoms with Gasteiger partial charge in [-0.3, -0.25) is 4.79 Å².